The second-order valence-electron chi connectivity index (χ2n) is 5.40. The van der Waals surface area contributed by atoms with Crippen molar-refractivity contribution in [3.8, 4) is 0 Å². The Balaban J connectivity index is 2.18. The molecule has 1 amide bonds. The van der Waals surface area contributed by atoms with Crippen LogP contribution in [0.4, 0.5) is 4.39 Å². The van der Waals surface area contributed by atoms with Gasteiger partial charge in [0.25, 0.3) is 0 Å². The number of amides is 1. The zero-order chi connectivity index (χ0) is 17.3. The van der Waals surface area contributed by atoms with Crippen LogP contribution in [-0.2, 0) is 14.3 Å². The molecule has 2 aliphatic heterocycles. The van der Waals surface area contributed by atoms with Gasteiger partial charge in [-0.2, -0.15) is 0 Å². The van der Waals surface area contributed by atoms with Crippen molar-refractivity contribution >= 4 is 28.8 Å². The van der Waals surface area contributed by atoms with Crippen LogP contribution in [-0.4, -0.2) is 34.3 Å². The summed E-state index contributed by atoms with van der Waals surface area (Å²) in [5.74, 6) is -0.591. The molecule has 0 unspecified atom stereocenters. The number of benzene rings is 1. The van der Waals surface area contributed by atoms with Crippen molar-refractivity contribution < 1.29 is 18.7 Å². The number of rotatable bonds is 3. The summed E-state index contributed by atoms with van der Waals surface area (Å²) in [6.45, 7) is 3.58. The first-order chi connectivity index (χ1) is 11.5. The molecule has 0 spiro atoms. The van der Waals surface area contributed by atoms with Crippen LogP contribution in [0, 0.1) is 5.82 Å². The van der Waals surface area contributed by atoms with Crippen molar-refractivity contribution in [3.63, 3.8) is 0 Å². The zero-order valence-corrected chi connectivity index (χ0v) is 14.2. The van der Waals surface area contributed by atoms with Crippen molar-refractivity contribution in [3.05, 3.63) is 46.9 Å². The number of fused-ring (bicyclic) bond motifs is 1. The molecule has 0 N–H and O–H groups in total. The number of esters is 1. The second kappa shape index (κ2) is 6.76. The number of aliphatic imine (C=N–C) groups is 1. The van der Waals surface area contributed by atoms with E-state index in [1.54, 1.807) is 32.0 Å². The normalized spacial score (nSPS) is 20.6. The summed E-state index contributed by atoms with van der Waals surface area (Å²) in [5.41, 5.74) is 0.930. The third-order valence-electron chi connectivity index (χ3n) is 3.90. The highest BCUT2D eigenvalue weighted by Crippen LogP contribution is 2.40. The molecule has 2 aliphatic rings. The van der Waals surface area contributed by atoms with E-state index in [-0.39, 0.29) is 23.7 Å². The molecule has 1 aromatic carbocycles. The summed E-state index contributed by atoms with van der Waals surface area (Å²) in [4.78, 5) is 30.8. The number of allylic oxidation sites excluding steroid dienone is 1. The Kier molecular flexibility index (Phi) is 4.71. The van der Waals surface area contributed by atoms with Gasteiger partial charge in [-0.25, -0.2) is 14.2 Å². The molecule has 1 aromatic rings. The number of nitrogens with zero attached hydrogens (tertiary/aromatic N) is 2. The Morgan fingerprint density at radius 3 is 2.92 bits per heavy atom. The van der Waals surface area contributed by atoms with Gasteiger partial charge >= 0.3 is 5.97 Å². The van der Waals surface area contributed by atoms with E-state index in [4.69, 9.17) is 4.74 Å². The Morgan fingerprint density at radius 2 is 2.21 bits per heavy atom. The van der Waals surface area contributed by atoms with Crippen LogP contribution in [0.25, 0.3) is 0 Å². The van der Waals surface area contributed by atoms with E-state index in [9.17, 15) is 14.0 Å². The van der Waals surface area contributed by atoms with Crippen LogP contribution in [0.2, 0.25) is 0 Å². The third-order valence-corrected chi connectivity index (χ3v) is 4.86. The molecule has 1 fully saturated rings. The number of amidine groups is 1. The SMILES string of the molecule is CCOC(=O)C1=C(C)N=C2SCCC(=O)N2[C@H]1c1ccccc1F. The summed E-state index contributed by atoms with van der Waals surface area (Å²) < 4.78 is 19.6. The predicted molar refractivity (Wildman–Crippen MR) is 89.8 cm³/mol. The van der Waals surface area contributed by atoms with E-state index in [0.29, 0.717) is 23.0 Å². The lowest BCUT2D eigenvalue weighted by atomic mass is 9.94. The topological polar surface area (TPSA) is 59.0 Å². The molecule has 1 atom stereocenters. The van der Waals surface area contributed by atoms with Gasteiger partial charge in [0.2, 0.25) is 5.91 Å². The summed E-state index contributed by atoms with van der Waals surface area (Å²) in [5, 5.41) is 0.505. The van der Waals surface area contributed by atoms with Crippen LogP contribution < -0.4 is 0 Å². The Labute approximate surface area is 143 Å². The van der Waals surface area contributed by atoms with Gasteiger partial charge in [0.05, 0.1) is 17.9 Å². The number of carbonyl (C=O) groups excluding carboxylic acids is 2. The molecule has 7 heteroatoms. The molecular weight excluding hydrogens is 331 g/mol. The Bertz CT molecular complexity index is 760. The molecule has 24 heavy (non-hydrogen) atoms. The first-order valence-electron chi connectivity index (χ1n) is 7.70. The molecule has 0 radical (unpaired) electrons. The Hall–Kier alpha value is -2.15. The van der Waals surface area contributed by atoms with Gasteiger partial charge in [-0.05, 0) is 19.9 Å². The lowest BCUT2D eigenvalue weighted by molar-refractivity contribution is -0.139. The highest BCUT2D eigenvalue weighted by molar-refractivity contribution is 8.14. The predicted octanol–water partition coefficient (Wildman–Crippen LogP) is 3.04. The second-order valence-corrected chi connectivity index (χ2v) is 6.46. The molecule has 1 saturated heterocycles. The number of thioether (sulfide) groups is 1. The average Bonchev–Trinajstić information content (AvgIpc) is 2.54. The van der Waals surface area contributed by atoms with Crippen LogP contribution in [0.1, 0.15) is 31.9 Å². The van der Waals surface area contributed by atoms with Crippen molar-refractivity contribution in [2.45, 2.75) is 26.3 Å². The zero-order valence-electron chi connectivity index (χ0n) is 13.4. The van der Waals surface area contributed by atoms with E-state index in [2.05, 4.69) is 4.99 Å². The molecule has 126 valence electrons. The molecule has 0 bridgehead atoms. The first kappa shape index (κ1) is 16.7. The van der Waals surface area contributed by atoms with Gasteiger partial charge in [0.15, 0.2) is 5.17 Å². The molecule has 0 aliphatic carbocycles. The first-order valence-corrected chi connectivity index (χ1v) is 8.69. The lowest BCUT2D eigenvalue weighted by Crippen LogP contribution is -2.46. The van der Waals surface area contributed by atoms with Crippen molar-refractivity contribution in [1.29, 1.82) is 0 Å². The maximum atomic E-state index is 14.5. The molecular formula is C17H17FN2O3S. The molecule has 2 heterocycles. The quantitative estimate of drug-likeness (QED) is 0.788. The van der Waals surface area contributed by atoms with Crippen molar-refractivity contribution in [2.75, 3.05) is 12.4 Å². The monoisotopic (exact) mass is 348 g/mol. The average molecular weight is 348 g/mol. The lowest BCUT2D eigenvalue weighted by Gasteiger charge is -2.38. The summed E-state index contributed by atoms with van der Waals surface area (Å²) in [6.07, 6.45) is 0.323. The van der Waals surface area contributed by atoms with E-state index in [1.165, 1.54) is 22.7 Å². The van der Waals surface area contributed by atoms with Crippen molar-refractivity contribution in [2.24, 2.45) is 4.99 Å². The molecule has 3 rings (SSSR count). The number of carbonyl (C=O) groups is 2. The van der Waals surface area contributed by atoms with Gasteiger partial charge in [0, 0.05) is 17.7 Å². The standard InChI is InChI=1S/C17H17FN2O3S/c1-3-23-16(22)14-10(2)19-17-20(13(21)8-9-24-17)15(14)11-6-4-5-7-12(11)18/h4-7,15H,3,8-9H2,1-2H3/t15-/m0/s1. The highest BCUT2D eigenvalue weighted by Gasteiger charge is 2.42. The smallest absolute Gasteiger partial charge is 0.338 e. The van der Waals surface area contributed by atoms with E-state index in [1.807, 2.05) is 0 Å². The highest BCUT2D eigenvalue weighted by atomic mass is 32.2. The van der Waals surface area contributed by atoms with Gasteiger partial charge in [-0.3, -0.25) is 9.69 Å². The van der Waals surface area contributed by atoms with Crippen molar-refractivity contribution in [1.82, 2.24) is 4.90 Å². The number of hydrogen-bond donors (Lipinski definition) is 0. The fraction of sp³-hybridized carbons (Fsp3) is 0.353. The minimum absolute atomic E-state index is 0.171. The Morgan fingerprint density at radius 1 is 1.46 bits per heavy atom. The van der Waals surface area contributed by atoms with Gasteiger partial charge in [-0.15, -0.1) is 0 Å². The summed E-state index contributed by atoms with van der Waals surface area (Å²) >= 11 is 1.43. The number of ether oxygens (including phenoxy) is 1. The number of hydrogen-bond acceptors (Lipinski definition) is 5. The minimum atomic E-state index is -0.849. The minimum Gasteiger partial charge on any atom is -0.463 e. The van der Waals surface area contributed by atoms with Crippen LogP contribution >= 0.6 is 11.8 Å². The fourth-order valence-corrected chi connectivity index (χ4v) is 3.86. The van der Waals surface area contributed by atoms with Crippen LogP contribution in [0.15, 0.2) is 40.5 Å². The summed E-state index contributed by atoms with van der Waals surface area (Å²) in [7, 11) is 0. The van der Waals surface area contributed by atoms with E-state index in [0.717, 1.165) is 0 Å². The largest absolute Gasteiger partial charge is 0.463 e. The number of halogens is 1. The summed E-state index contributed by atoms with van der Waals surface area (Å²) in [6, 6.07) is 5.31. The van der Waals surface area contributed by atoms with Gasteiger partial charge in [0.1, 0.15) is 11.9 Å². The van der Waals surface area contributed by atoms with Crippen LogP contribution in [0.5, 0.6) is 0 Å². The maximum absolute atomic E-state index is 14.5. The van der Waals surface area contributed by atoms with Gasteiger partial charge < -0.3 is 4.74 Å². The van der Waals surface area contributed by atoms with E-state index >= 15 is 0 Å². The van der Waals surface area contributed by atoms with Crippen LogP contribution in [0.3, 0.4) is 0 Å². The van der Waals surface area contributed by atoms with Gasteiger partial charge in [-0.1, -0.05) is 30.0 Å². The molecule has 5 nitrogen and oxygen atoms in total. The van der Waals surface area contributed by atoms with E-state index < -0.39 is 17.8 Å². The molecule has 0 aromatic heterocycles. The maximum Gasteiger partial charge on any atom is 0.338 e. The third kappa shape index (κ3) is 2.84. The fourth-order valence-electron chi connectivity index (χ4n) is 2.86. The molecule has 0 saturated carbocycles.